The summed E-state index contributed by atoms with van der Waals surface area (Å²) in [6, 6.07) is 0. The number of rotatable bonds is 23. The van der Waals surface area contributed by atoms with E-state index in [2.05, 4.69) is 40.3 Å². The lowest BCUT2D eigenvalue weighted by Gasteiger charge is -2.16. The molecule has 10 heteroatoms. The largest absolute Gasteiger partial charge is 0.472 e. The summed E-state index contributed by atoms with van der Waals surface area (Å²) < 4.78 is 25.5. The van der Waals surface area contributed by atoms with E-state index in [0.29, 0.717) is 6.42 Å². The van der Waals surface area contributed by atoms with Crippen molar-refractivity contribution < 1.29 is 43.4 Å². The third-order valence-electron chi connectivity index (χ3n) is 4.84. The molecule has 3 unspecified atom stereocenters. The topological polar surface area (TPSA) is 143 Å². The Kier molecular flexibility index (Phi) is 21.7. The third kappa shape index (κ3) is 22.7. The molecule has 0 aliphatic carbocycles. The standard InChI is InChI=1S/C24H45O9P/c1-2-3-4-5-6-7-8-9-10-11-12-13-14-15-16-17-24(28)31-19-23(27)21-33-34(29,30)32-20-22(26)18-25/h6-7,9-10,22-23,25-27H,2-5,8,11-21H2,1H3,(H,29,30)/b7-6-,10-9-. The van der Waals surface area contributed by atoms with E-state index in [0.717, 1.165) is 38.5 Å². The zero-order valence-corrected chi connectivity index (χ0v) is 21.4. The number of aliphatic hydroxyl groups excluding tert-OH is 3. The maximum atomic E-state index is 11.7. The second kappa shape index (κ2) is 22.4. The highest BCUT2D eigenvalue weighted by molar-refractivity contribution is 7.47. The minimum atomic E-state index is -4.49. The fraction of sp³-hybridized carbons (Fsp3) is 0.792. The number of phosphoric ester groups is 1. The Morgan fingerprint density at radius 2 is 1.38 bits per heavy atom. The van der Waals surface area contributed by atoms with Crippen molar-refractivity contribution in [1.29, 1.82) is 0 Å². The molecule has 0 heterocycles. The normalized spacial score (nSPS) is 15.6. The third-order valence-corrected chi connectivity index (χ3v) is 5.79. The van der Waals surface area contributed by atoms with Gasteiger partial charge in [0.25, 0.3) is 0 Å². The zero-order chi connectivity index (χ0) is 25.5. The maximum absolute atomic E-state index is 11.7. The highest BCUT2D eigenvalue weighted by Crippen LogP contribution is 2.43. The zero-order valence-electron chi connectivity index (χ0n) is 20.6. The second-order valence-electron chi connectivity index (χ2n) is 8.21. The van der Waals surface area contributed by atoms with Crippen LogP contribution in [-0.4, -0.2) is 64.8 Å². The molecule has 0 rings (SSSR count). The summed E-state index contributed by atoms with van der Waals surface area (Å²) in [5, 5.41) is 27.4. The van der Waals surface area contributed by atoms with Gasteiger partial charge < -0.3 is 24.9 Å². The van der Waals surface area contributed by atoms with Gasteiger partial charge in [-0.05, 0) is 38.5 Å². The van der Waals surface area contributed by atoms with Crippen molar-refractivity contribution in [3.63, 3.8) is 0 Å². The molecule has 0 aromatic heterocycles. The first-order valence-electron chi connectivity index (χ1n) is 12.3. The van der Waals surface area contributed by atoms with Gasteiger partial charge in [-0.25, -0.2) is 4.57 Å². The average Bonchev–Trinajstić information content (AvgIpc) is 2.82. The average molecular weight is 509 g/mol. The molecular weight excluding hydrogens is 463 g/mol. The maximum Gasteiger partial charge on any atom is 0.472 e. The van der Waals surface area contributed by atoms with Gasteiger partial charge in [-0.15, -0.1) is 0 Å². The molecule has 9 nitrogen and oxygen atoms in total. The molecule has 0 fully saturated rings. The van der Waals surface area contributed by atoms with E-state index < -0.39 is 45.8 Å². The SMILES string of the molecule is CCCCC/C=C\C/C=C\CCCCCCCC(=O)OCC(O)COP(=O)(O)OCC(O)CO. The van der Waals surface area contributed by atoms with Gasteiger partial charge in [0.1, 0.15) is 18.8 Å². The van der Waals surface area contributed by atoms with Crippen molar-refractivity contribution in [1.82, 2.24) is 0 Å². The number of esters is 1. The number of hydrogen-bond acceptors (Lipinski definition) is 8. The summed E-state index contributed by atoms with van der Waals surface area (Å²) in [6.45, 7) is 0.0400. The van der Waals surface area contributed by atoms with Crippen LogP contribution in [0.4, 0.5) is 0 Å². The highest BCUT2D eigenvalue weighted by atomic mass is 31.2. The lowest BCUT2D eigenvalue weighted by Crippen LogP contribution is -2.24. The van der Waals surface area contributed by atoms with Gasteiger partial charge in [0, 0.05) is 6.42 Å². The molecule has 34 heavy (non-hydrogen) atoms. The molecule has 0 aliphatic rings. The van der Waals surface area contributed by atoms with Crippen LogP contribution in [0.2, 0.25) is 0 Å². The minimum absolute atomic E-state index is 0.249. The smallest absolute Gasteiger partial charge is 0.463 e. The highest BCUT2D eigenvalue weighted by Gasteiger charge is 2.24. The summed E-state index contributed by atoms with van der Waals surface area (Å²) in [5.74, 6) is -0.445. The molecule has 0 spiro atoms. The molecule has 0 saturated carbocycles. The number of carbonyl (C=O) groups excluding carboxylic acids is 1. The van der Waals surface area contributed by atoms with Crippen LogP contribution in [0, 0.1) is 0 Å². The molecule has 4 N–H and O–H groups in total. The number of allylic oxidation sites excluding steroid dienone is 4. The molecule has 0 bridgehead atoms. The fourth-order valence-electron chi connectivity index (χ4n) is 2.84. The lowest BCUT2D eigenvalue weighted by molar-refractivity contribution is -0.147. The first-order chi connectivity index (χ1) is 16.3. The fourth-order valence-corrected chi connectivity index (χ4v) is 3.64. The number of phosphoric acid groups is 1. The molecule has 0 aliphatic heterocycles. The monoisotopic (exact) mass is 508 g/mol. The summed E-state index contributed by atoms with van der Waals surface area (Å²) in [5.41, 5.74) is 0. The molecule has 0 saturated heterocycles. The minimum Gasteiger partial charge on any atom is -0.463 e. The molecular formula is C24H45O9P. The van der Waals surface area contributed by atoms with Crippen LogP contribution in [0.1, 0.15) is 84.0 Å². The summed E-state index contributed by atoms with van der Waals surface area (Å²) in [4.78, 5) is 21.1. The van der Waals surface area contributed by atoms with Crippen LogP contribution < -0.4 is 0 Å². The Morgan fingerprint density at radius 3 is 2.00 bits per heavy atom. The number of carbonyl (C=O) groups is 1. The summed E-state index contributed by atoms with van der Waals surface area (Å²) >= 11 is 0. The van der Waals surface area contributed by atoms with Gasteiger partial charge in [0.15, 0.2) is 0 Å². The molecule has 0 radical (unpaired) electrons. The molecule has 200 valence electrons. The molecule has 0 amide bonds. The van der Waals surface area contributed by atoms with Gasteiger partial charge in [-0.2, -0.15) is 0 Å². The second-order valence-corrected chi connectivity index (χ2v) is 9.67. The Balaban J connectivity index is 3.61. The quantitative estimate of drug-likeness (QED) is 0.0691. The van der Waals surface area contributed by atoms with Crippen molar-refractivity contribution in [3.05, 3.63) is 24.3 Å². The van der Waals surface area contributed by atoms with E-state index in [9.17, 15) is 19.4 Å². The Labute approximate surface area is 204 Å². The van der Waals surface area contributed by atoms with E-state index in [-0.39, 0.29) is 13.0 Å². The van der Waals surface area contributed by atoms with Crippen LogP contribution in [0.3, 0.4) is 0 Å². The van der Waals surface area contributed by atoms with E-state index in [1.54, 1.807) is 0 Å². The van der Waals surface area contributed by atoms with Gasteiger partial charge in [-0.3, -0.25) is 13.8 Å². The Bertz CT molecular complexity index is 595. The van der Waals surface area contributed by atoms with Crippen LogP contribution in [-0.2, 0) is 23.1 Å². The molecule has 0 aromatic carbocycles. The van der Waals surface area contributed by atoms with Crippen molar-refractivity contribution in [2.45, 2.75) is 96.2 Å². The van der Waals surface area contributed by atoms with E-state index in [1.165, 1.54) is 25.7 Å². The van der Waals surface area contributed by atoms with Crippen molar-refractivity contribution in [2.75, 3.05) is 26.4 Å². The number of unbranched alkanes of at least 4 members (excludes halogenated alkanes) is 8. The van der Waals surface area contributed by atoms with Crippen LogP contribution in [0.25, 0.3) is 0 Å². The van der Waals surface area contributed by atoms with Crippen molar-refractivity contribution in [3.8, 4) is 0 Å². The van der Waals surface area contributed by atoms with Crippen LogP contribution in [0.5, 0.6) is 0 Å². The number of ether oxygens (including phenoxy) is 1. The predicted octanol–water partition coefficient (Wildman–Crippen LogP) is 4.19. The van der Waals surface area contributed by atoms with Gasteiger partial charge in [0.05, 0.1) is 19.8 Å². The number of aliphatic hydroxyl groups is 3. The van der Waals surface area contributed by atoms with Crippen LogP contribution >= 0.6 is 7.82 Å². The van der Waals surface area contributed by atoms with Gasteiger partial charge in [-0.1, -0.05) is 63.3 Å². The van der Waals surface area contributed by atoms with Gasteiger partial charge in [0.2, 0.25) is 0 Å². The molecule has 3 atom stereocenters. The van der Waals surface area contributed by atoms with Crippen LogP contribution in [0.15, 0.2) is 24.3 Å². The Hall–Kier alpha value is -1.06. The van der Waals surface area contributed by atoms with Crippen molar-refractivity contribution in [2.24, 2.45) is 0 Å². The first-order valence-corrected chi connectivity index (χ1v) is 13.8. The van der Waals surface area contributed by atoms with Gasteiger partial charge >= 0.3 is 13.8 Å². The van der Waals surface area contributed by atoms with E-state index >= 15 is 0 Å². The summed E-state index contributed by atoms with van der Waals surface area (Å²) in [7, 11) is -4.49. The first kappa shape index (κ1) is 32.9. The molecule has 0 aromatic rings. The predicted molar refractivity (Wildman–Crippen MR) is 131 cm³/mol. The van der Waals surface area contributed by atoms with E-state index in [1.807, 2.05) is 0 Å². The lowest BCUT2D eigenvalue weighted by atomic mass is 10.1. The van der Waals surface area contributed by atoms with Crippen molar-refractivity contribution >= 4 is 13.8 Å². The number of hydrogen-bond donors (Lipinski definition) is 4. The van der Waals surface area contributed by atoms with E-state index in [4.69, 9.17) is 14.9 Å². The Morgan fingerprint density at radius 1 is 0.824 bits per heavy atom. The summed E-state index contributed by atoms with van der Waals surface area (Å²) in [6.07, 6.45) is 18.6.